The summed E-state index contributed by atoms with van der Waals surface area (Å²) in [6.45, 7) is 2.04. The van der Waals surface area contributed by atoms with Gasteiger partial charge in [-0.25, -0.2) is 0 Å². The first-order valence-electron chi connectivity index (χ1n) is 4.34. The molecule has 0 saturated carbocycles. The summed E-state index contributed by atoms with van der Waals surface area (Å²) >= 11 is 3.53. The smallest absolute Gasteiger partial charge is 0.238 e. The maximum atomic E-state index is 11.5. The van der Waals surface area contributed by atoms with Gasteiger partial charge in [-0.1, -0.05) is 0 Å². The number of carbonyl (C=O) groups is 1. The number of amides is 1. The molecule has 1 rings (SSSR count). The molecule has 1 amide bonds. The average molecular weight is 257 g/mol. The number of hydrogen-bond donors (Lipinski definition) is 2. The van der Waals surface area contributed by atoms with E-state index in [9.17, 15) is 4.79 Å². The summed E-state index contributed by atoms with van der Waals surface area (Å²) in [7, 11) is 0. The Morgan fingerprint density at radius 1 is 1.79 bits per heavy atom. The van der Waals surface area contributed by atoms with Crippen molar-refractivity contribution in [1.82, 2.24) is 10.6 Å². The van der Waals surface area contributed by atoms with E-state index in [2.05, 4.69) is 10.6 Å². The van der Waals surface area contributed by atoms with Crippen LogP contribution in [0.2, 0.25) is 0 Å². The lowest BCUT2D eigenvalue weighted by Gasteiger charge is -2.15. The van der Waals surface area contributed by atoms with Crippen molar-refractivity contribution >= 4 is 41.8 Å². The van der Waals surface area contributed by atoms with E-state index >= 15 is 0 Å². The molecule has 0 aromatic rings. The normalized spacial score (nSPS) is 22.6. The van der Waals surface area contributed by atoms with Gasteiger partial charge in [0, 0.05) is 23.4 Å². The molecule has 1 aliphatic rings. The Bertz CT molecular complexity index is 177. The summed E-state index contributed by atoms with van der Waals surface area (Å²) in [5.74, 6) is 2.92. The van der Waals surface area contributed by atoms with Crippen molar-refractivity contribution in [2.75, 3.05) is 23.6 Å². The van der Waals surface area contributed by atoms with Gasteiger partial charge in [-0.05, 0) is 13.2 Å². The van der Waals surface area contributed by atoms with Crippen LogP contribution in [0.1, 0.15) is 6.92 Å². The molecular weight excluding hydrogens is 240 g/mol. The molecule has 14 heavy (non-hydrogen) atoms. The quantitative estimate of drug-likeness (QED) is 0.786. The van der Waals surface area contributed by atoms with E-state index < -0.39 is 0 Å². The van der Waals surface area contributed by atoms with Crippen LogP contribution >= 0.6 is 35.9 Å². The number of nitrogens with one attached hydrogen (secondary N) is 2. The maximum absolute atomic E-state index is 11.5. The van der Waals surface area contributed by atoms with Crippen LogP contribution in [0.15, 0.2) is 0 Å². The molecule has 0 aromatic heterocycles. The van der Waals surface area contributed by atoms with E-state index in [1.807, 2.05) is 13.2 Å². The summed E-state index contributed by atoms with van der Waals surface area (Å²) < 4.78 is 0. The minimum Gasteiger partial charge on any atom is -0.351 e. The van der Waals surface area contributed by atoms with Gasteiger partial charge in [0.15, 0.2) is 0 Å². The van der Waals surface area contributed by atoms with Gasteiger partial charge in [0.2, 0.25) is 5.91 Å². The van der Waals surface area contributed by atoms with Crippen molar-refractivity contribution in [3.05, 3.63) is 0 Å². The Hall–Kier alpha value is 0.420. The molecular formula is C8H17ClN2OS2. The predicted molar refractivity (Wildman–Crippen MR) is 67.5 cm³/mol. The van der Waals surface area contributed by atoms with Crippen molar-refractivity contribution in [2.24, 2.45) is 0 Å². The highest BCUT2D eigenvalue weighted by Gasteiger charge is 2.22. The Balaban J connectivity index is 0.00000169. The zero-order chi connectivity index (χ0) is 9.68. The topological polar surface area (TPSA) is 41.1 Å². The van der Waals surface area contributed by atoms with Crippen LogP contribution in [0.3, 0.4) is 0 Å². The number of halogens is 1. The Morgan fingerprint density at radius 3 is 3.00 bits per heavy atom. The highest BCUT2D eigenvalue weighted by atomic mass is 35.5. The number of hydrogen-bond acceptors (Lipinski definition) is 4. The van der Waals surface area contributed by atoms with Crippen LogP contribution in [0.4, 0.5) is 0 Å². The second-order valence-corrected chi connectivity index (χ2v) is 5.08. The largest absolute Gasteiger partial charge is 0.351 e. The number of rotatable bonds is 4. The second-order valence-electron chi connectivity index (χ2n) is 3.14. The fraction of sp³-hybridized carbons (Fsp3) is 0.875. The highest BCUT2D eigenvalue weighted by Crippen LogP contribution is 2.09. The third-order valence-electron chi connectivity index (χ3n) is 1.84. The van der Waals surface area contributed by atoms with Crippen LogP contribution in [0.5, 0.6) is 0 Å². The summed E-state index contributed by atoms with van der Waals surface area (Å²) in [6.07, 6.45) is 2.05. The van der Waals surface area contributed by atoms with Gasteiger partial charge in [-0.3, -0.25) is 10.1 Å². The van der Waals surface area contributed by atoms with Crippen LogP contribution in [-0.2, 0) is 4.79 Å². The Kier molecular flexibility index (Phi) is 7.91. The molecule has 3 nitrogen and oxygen atoms in total. The van der Waals surface area contributed by atoms with E-state index in [0.29, 0.717) is 0 Å². The van der Waals surface area contributed by atoms with Crippen molar-refractivity contribution < 1.29 is 4.79 Å². The van der Waals surface area contributed by atoms with Crippen molar-refractivity contribution in [1.29, 1.82) is 0 Å². The van der Waals surface area contributed by atoms with Crippen molar-refractivity contribution in [2.45, 2.75) is 19.0 Å². The van der Waals surface area contributed by atoms with E-state index in [4.69, 9.17) is 0 Å². The molecule has 1 fully saturated rings. The molecule has 0 spiro atoms. The van der Waals surface area contributed by atoms with Gasteiger partial charge in [0.05, 0.1) is 6.04 Å². The van der Waals surface area contributed by atoms with Crippen molar-refractivity contribution in [3.8, 4) is 0 Å². The average Bonchev–Trinajstić information content (AvgIpc) is 2.55. The highest BCUT2D eigenvalue weighted by molar-refractivity contribution is 7.99. The monoisotopic (exact) mass is 256 g/mol. The van der Waals surface area contributed by atoms with Gasteiger partial charge in [-0.2, -0.15) is 11.8 Å². The van der Waals surface area contributed by atoms with E-state index in [1.165, 1.54) is 0 Å². The van der Waals surface area contributed by atoms with Crippen molar-refractivity contribution in [3.63, 3.8) is 0 Å². The molecule has 84 valence electrons. The predicted octanol–water partition coefficient (Wildman–Crippen LogP) is 0.938. The van der Waals surface area contributed by atoms with E-state index in [-0.39, 0.29) is 30.4 Å². The number of thioether (sulfide) groups is 2. The van der Waals surface area contributed by atoms with Gasteiger partial charge < -0.3 is 5.32 Å². The minimum absolute atomic E-state index is 0. The van der Waals surface area contributed by atoms with Gasteiger partial charge in [0.25, 0.3) is 0 Å². The van der Waals surface area contributed by atoms with Crippen LogP contribution < -0.4 is 10.6 Å². The third kappa shape index (κ3) is 4.77. The zero-order valence-electron chi connectivity index (χ0n) is 8.41. The summed E-state index contributed by atoms with van der Waals surface area (Å²) in [5, 5.41) is 6.14. The molecule has 1 saturated heterocycles. The molecule has 0 aliphatic carbocycles. The molecule has 1 heterocycles. The molecule has 2 atom stereocenters. The molecule has 0 bridgehead atoms. The Labute approximate surface area is 99.9 Å². The first-order chi connectivity index (χ1) is 6.24. The molecule has 0 radical (unpaired) electrons. The van der Waals surface area contributed by atoms with E-state index in [1.54, 1.807) is 23.5 Å². The number of carbonyl (C=O) groups excluding carboxylic acids is 1. The van der Waals surface area contributed by atoms with Gasteiger partial charge in [-0.15, -0.1) is 24.2 Å². The molecule has 0 aromatic carbocycles. The van der Waals surface area contributed by atoms with Crippen LogP contribution in [-0.4, -0.2) is 41.6 Å². The zero-order valence-corrected chi connectivity index (χ0v) is 10.9. The lowest BCUT2D eigenvalue weighted by atomic mass is 10.3. The lowest BCUT2D eigenvalue weighted by Crippen LogP contribution is -2.46. The molecule has 6 heteroatoms. The fourth-order valence-corrected chi connectivity index (χ4v) is 2.72. The summed E-state index contributed by atoms with van der Waals surface area (Å²) in [5.41, 5.74) is 0. The fourth-order valence-electron chi connectivity index (χ4n) is 1.20. The van der Waals surface area contributed by atoms with Crippen LogP contribution in [0, 0.1) is 0 Å². The summed E-state index contributed by atoms with van der Waals surface area (Å²) in [4.78, 5) is 11.5. The minimum atomic E-state index is 0. The third-order valence-corrected chi connectivity index (χ3v) is 3.61. The van der Waals surface area contributed by atoms with Gasteiger partial charge in [0.1, 0.15) is 0 Å². The lowest BCUT2D eigenvalue weighted by molar-refractivity contribution is -0.122. The Morgan fingerprint density at radius 2 is 2.50 bits per heavy atom. The second kappa shape index (κ2) is 7.68. The first-order valence-corrected chi connectivity index (χ1v) is 6.89. The first kappa shape index (κ1) is 14.4. The summed E-state index contributed by atoms with van der Waals surface area (Å²) in [6, 6.07) is 0.296. The van der Waals surface area contributed by atoms with Gasteiger partial charge >= 0.3 is 0 Å². The van der Waals surface area contributed by atoms with Crippen LogP contribution in [0.25, 0.3) is 0 Å². The standard InChI is InChI=1S/C8H16N2OS2.ClH/c1-6(3-12-2)10-8(11)7-4-13-5-9-7;/h6-7,9H,3-5H2,1-2H3,(H,10,11);1H. The molecule has 2 N–H and O–H groups in total. The molecule has 1 aliphatic heterocycles. The maximum Gasteiger partial charge on any atom is 0.238 e. The van der Waals surface area contributed by atoms with E-state index in [0.717, 1.165) is 17.4 Å². The molecule has 2 unspecified atom stereocenters. The SMILES string of the molecule is CSCC(C)NC(=O)C1CSCN1.Cl.